The lowest BCUT2D eigenvalue weighted by Gasteiger charge is -2.04. The number of benzene rings is 1. The molecule has 0 saturated heterocycles. The Balaban J connectivity index is 2.03. The van der Waals surface area contributed by atoms with E-state index in [1.54, 1.807) is 12.1 Å². The maximum absolute atomic E-state index is 10.9. The van der Waals surface area contributed by atoms with Crippen LogP contribution in [0.3, 0.4) is 0 Å². The van der Waals surface area contributed by atoms with E-state index in [1.165, 1.54) is 13.2 Å². The molecule has 0 aliphatic carbocycles. The van der Waals surface area contributed by atoms with Gasteiger partial charge in [-0.05, 0) is 24.3 Å². The molecule has 2 rings (SSSR count). The minimum absolute atomic E-state index is 0.101. The number of hydrogen-bond acceptors (Lipinski definition) is 5. The quantitative estimate of drug-likeness (QED) is 0.765. The summed E-state index contributed by atoms with van der Waals surface area (Å²) in [6.07, 6.45) is 1.51. The first-order valence-electron chi connectivity index (χ1n) is 5.46. The zero-order chi connectivity index (χ0) is 13.0. The highest BCUT2D eigenvalue weighted by Gasteiger charge is 2.03. The van der Waals surface area contributed by atoms with Gasteiger partial charge in [-0.1, -0.05) is 0 Å². The molecule has 0 atom stereocenters. The molecule has 0 fully saturated rings. The molecule has 0 saturated carbocycles. The van der Waals surface area contributed by atoms with Crippen LogP contribution in [0, 0.1) is 0 Å². The second kappa shape index (κ2) is 5.33. The van der Waals surface area contributed by atoms with Gasteiger partial charge >= 0.3 is 0 Å². The standard InChI is InChI=1S/C12H14N4O2/c1-8(17)14-9-2-4-10(5-3-9)15-12-16-11(6-13)7-18-12/h2-5,7H,6,13H2,1H3,(H,14,17)(H,15,16). The van der Waals surface area contributed by atoms with Crippen molar-refractivity contribution in [3.05, 3.63) is 36.2 Å². The lowest BCUT2D eigenvalue weighted by molar-refractivity contribution is -0.114. The highest BCUT2D eigenvalue weighted by molar-refractivity contribution is 5.88. The zero-order valence-corrected chi connectivity index (χ0v) is 9.93. The van der Waals surface area contributed by atoms with Crippen LogP contribution in [0.5, 0.6) is 0 Å². The lowest BCUT2D eigenvalue weighted by Crippen LogP contribution is -2.05. The van der Waals surface area contributed by atoms with Crippen molar-refractivity contribution in [3.63, 3.8) is 0 Å². The zero-order valence-electron chi connectivity index (χ0n) is 9.93. The Morgan fingerprint density at radius 3 is 2.56 bits per heavy atom. The van der Waals surface area contributed by atoms with E-state index in [1.807, 2.05) is 12.1 Å². The summed E-state index contributed by atoms with van der Waals surface area (Å²) in [6, 6.07) is 7.60. The summed E-state index contributed by atoms with van der Waals surface area (Å²) < 4.78 is 5.18. The highest BCUT2D eigenvalue weighted by Crippen LogP contribution is 2.18. The van der Waals surface area contributed by atoms with Crippen molar-refractivity contribution in [2.24, 2.45) is 5.73 Å². The normalized spacial score (nSPS) is 10.1. The third-order valence-electron chi connectivity index (χ3n) is 2.22. The number of aromatic nitrogens is 1. The molecule has 0 radical (unpaired) electrons. The van der Waals surface area contributed by atoms with E-state index in [0.717, 1.165) is 11.4 Å². The SMILES string of the molecule is CC(=O)Nc1ccc(Nc2nc(CN)co2)cc1. The number of anilines is 3. The third-order valence-corrected chi connectivity index (χ3v) is 2.22. The maximum Gasteiger partial charge on any atom is 0.299 e. The molecule has 6 nitrogen and oxygen atoms in total. The molecular formula is C12H14N4O2. The van der Waals surface area contributed by atoms with Crippen LogP contribution in [0.2, 0.25) is 0 Å². The predicted octanol–water partition coefficient (Wildman–Crippen LogP) is 1.84. The Kier molecular flexibility index (Phi) is 3.59. The van der Waals surface area contributed by atoms with Crippen molar-refractivity contribution < 1.29 is 9.21 Å². The molecule has 4 N–H and O–H groups in total. The molecule has 1 heterocycles. The van der Waals surface area contributed by atoms with E-state index in [4.69, 9.17) is 10.2 Å². The predicted molar refractivity (Wildman–Crippen MR) is 68.4 cm³/mol. The molecule has 1 amide bonds. The summed E-state index contributed by atoms with van der Waals surface area (Å²) in [5.41, 5.74) is 7.67. The van der Waals surface area contributed by atoms with Crippen LogP contribution in [0.25, 0.3) is 0 Å². The van der Waals surface area contributed by atoms with E-state index in [-0.39, 0.29) is 5.91 Å². The molecular weight excluding hydrogens is 232 g/mol. The van der Waals surface area contributed by atoms with Crippen molar-refractivity contribution in [2.45, 2.75) is 13.5 Å². The number of rotatable bonds is 4. The number of amides is 1. The second-order valence-corrected chi connectivity index (χ2v) is 3.73. The van der Waals surface area contributed by atoms with Crippen LogP contribution in [-0.2, 0) is 11.3 Å². The molecule has 18 heavy (non-hydrogen) atoms. The number of nitrogens with zero attached hydrogens (tertiary/aromatic N) is 1. The van der Waals surface area contributed by atoms with E-state index in [2.05, 4.69) is 15.6 Å². The molecule has 6 heteroatoms. The molecule has 0 bridgehead atoms. The summed E-state index contributed by atoms with van der Waals surface area (Å²) in [5.74, 6) is -0.101. The average molecular weight is 246 g/mol. The molecule has 1 aromatic carbocycles. The van der Waals surface area contributed by atoms with Crippen LogP contribution >= 0.6 is 0 Å². The van der Waals surface area contributed by atoms with Crippen molar-refractivity contribution in [3.8, 4) is 0 Å². The van der Waals surface area contributed by atoms with E-state index < -0.39 is 0 Å². The Morgan fingerprint density at radius 1 is 1.33 bits per heavy atom. The van der Waals surface area contributed by atoms with Gasteiger partial charge in [0.15, 0.2) is 0 Å². The van der Waals surface area contributed by atoms with Gasteiger partial charge in [0.2, 0.25) is 5.91 Å². The number of oxazole rings is 1. The minimum atomic E-state index is -0.101. The van der Waals surface area contributed by atoms with Crippen molar-refractivity contribution in [1.82, 2.24) is 4.98 Å². The van der Waals surface area contributed by atoms with Crippen LogP contribution in [-0.4, -0.2) is 10.9 Å². The topological polar surface area (TPSA) is 93.2 Å². The van der Waals surface area contributed by atoms with Crippen molar-refractivity contribution in [2.75, 3.05) is 10.6 Å². The fourth-order valence-corrected chi connectivity index (χ4v) is 1.42. The maximum atomic E-state index is 10.9. The smallest absolute Gasteiger partial charge is 0.299 e. The van der Waals surface area contributed by atoms with Crippen LogP contribution < -0.4 is 16.4 Å². The lowest BCUT2D eigenvalue weighted by atomic mass is 10.3. The highest BCUT2D eigenvalue weighted by atomic mass is 16.4. The molecule has 0 aliphatic rings. The first kappa shape index (κ1) is 12.1. The number of carbonyl (C=O) groups is 1. The summed E-state index contributed by atoms with van der Waals surface area (Å²) in [6.45, 7) is 1.81. The van der Waals surface area contributed by atoms with Crippen LogP contribution in [0.1, 0.15) is 12.6 Å². The summed E-state index contributed by atoms with van der Waals surface area (Å²) in [4.78, 5) is 15.0. The number of nitrogens with one attached hydrogen (secondary N) is 2. The minimum Gasteiger partial charge on any atom is -0.432 e. The van der Waals surface area contributed by atoms with Gasteiger partial charge in [0.25, 0.3) is 6.01 Å². The Labute approximate surface area is 104 Å². The van der Waals surface area contributed by atoms with Crippen molar-refractivity contribution >= 4 is 23.3 Å². The van der Waals surface area contributed by atoms with Gasteiger partial charge < -0.3 is 20.8 Å². The monoisotopic (exact) mass is 246 g/mol. The molecule has 94 valence electrons. The fraction of sp³-hybridized carbons (Fsp3) is 0.167. The Morgan fingerprint density at radius 2 is 2.00 bits per heavy atom. The van der Waals surface area contributed by atoms with Gasteiger partial charge in [0.1, 0.15) is 6.26 Å². The summed E-state index contributed by atoms with van der Waals surface area (Å²) in [5, 5.41) is 5.68. The first-order chi connectivity index (χ1) is 8.67. The second-order valence-electron chi connectivity index (χ2n) is 3.73. The summed E-state index contributed by atoms with van der Waals surface area (Å²) >= 11 is 0. The van der Waals surface area contributed by atoms with Gasteiger partial charge in [-0.25, -0.2) is 0 Å². The molecule has 1 aromatic heterocycles. The number of nitrogens with two attached hydrogens (primary N) is 1. The number of carbonyl (C=O) groups excluding carboxylic acids is 1. The number of hydrogen-bond donors (Lipinski definition) is 3. The van der Waals surface area contributed by atoms with Gasteiger partial charge in [-0.15, -0.1) is 0 Å². The van der Waals surface area contributed by atoms with E-state index >= 15 is 0 Å². The third kappa shape index (κ3) is 3.08. The van der Waals surface area contributed by atoms with Gasteiger partial charge in [0.05, 0.1) is 5.69 Å². The molecule has 0 aliphatic heterocycles. The van der Waals surface area contributed by atoms with Crippen molar-refractivity contribution in [1.29, 1.82) is 0 Å². The Bertz CT molecular complexity index is 533. The van der Waals surface area contributed by atoms with Crippen LogP contribution in [0.4, 0.5) is 17.4 Å². The van der Waals surface area contributed by atoms with Gasteiger partial charge in [0, 0.05) is 24.8 Å². The Hall–Kier alpha value is -2.34. The van der Waals surface area contributed by atoms with Gasteiger partial charge in [-0.2, -0.15) is 4.98 Å². The fourth-order valence-electron chi connectivity index (χ4n) is 1.42. The van der Waals surface area contributed by atoms with E-state index in [9.17, 15) is 4.79 Å². The molecule has 0 spiro atoms. The van der Waals surface area contributed by atoms with E-state index in [0.29, 0.717) is 18.3 Å². The van der Waals surface area contributed by atoms with Gasteiger partial charge in [-0.3, -0.25) is 4.79 Å². The van der Waals surface area contributed by atoms with Crippen LogP contribution in [0.15, 0.2) is 34.9 Å². The summed E-state index contributed by atoms with van der Waals surface area (Å²) in [7, 11) is 0. The first-order valence-corrected chi connectivity index (χ1v) is 5.46. The molecule has 0 unspecified atom stereocenters. The largest absolute Gasteiger partial charge is 0.432 e. The molecule has 2 aromatic rings. The average Bonchev–Trinajstić information content (AvgIpc) is 2.79.